The fraction of sp³-hybridized carbons (Fsp3) is 0.524. The van der Waals surface area contributed by atoms with Gasteiger partial charge in [0.05, 0.1) is 22.3 Å². The van der Waals surface area contributed by atoms with Crippen LogP contribution < -0.4 is 10.6 Å². The number of rotatable bonds is 6. The van der Waals surface area contributed by atoms with Crippen molar-refractivity contribution in [2.24, 2.45) is 4.99 Å². The van der Waals surface area contributed by atoms with Gasteiger partial charge in [-0.1, -0.05) is 48.3 Å². The highest BCUT2D eigenvalue weighted by Gasteiger charge is 2.20. The molecule has 6 nitrogen and oxygen atoms in total. The molecule has 0 radical (unpaired) electrons. The molecule has 0 amide bonds. The van der Waals surface area contributed by atoms with E-state index in [1.54, 1.807) is 7.05 Å². The molecule has 166 valence electrons. The molecule has 0 saturated carbocycles. The molecule has 1 aliphatic rings. The summed E-state index contributed by atoms with van der Waals surface area (Å²) in [6.45, 7) is 7.70. The third-order valence-corrected chi connectivity index (χ3v) is 5.88. The van der Waals surface area contributed by atoms with Crippen LogP contribution in [-0.4, -0.2) is 42.2 Å². The molecule has 0 aliphatic carbocycles. The van der Waals surface area contributed by atoms with E-state index in [0.29, 0.717) is 28.5 Å². The van der Waals surface area contributed by atoms with Crippen molar-refractivity contribution in [2.45, 2.75) is 51.7 Å². The summed E-state index contributed by atoms with van der Waals surface area (Å²) >= 11 is 12.1. The van der Waals surface area contributed by atoms with Gasteiger partial charge in [-0.3, -0.25) is 9.89 Å². The number of nitrogens with one attached hydrogen (secondary N) is 2. The Morgan fingerprint density at radius 3 is 2.57 bits per heavy atom. The Labute approximate surface area is 205 Å². The molecule has 30 heavy (non-hydrogen) atoms. The number of hydrogen-bond donors (Lipinski definition) is 2. The van der Waals surface area contributed by atoms with Crippen LogP contribution in [0.3, 0.4) is 0 Å². The SMILES string of the molecule is CN=C(NCc1cc(C(C)C)no1)NC1CCN(Cc2ccc(Cl)c(Cl)c2)CC1.I. The van der Waals surface area contributed by atoms with Gasteiger partial charge in [-0.05, 0) is 36.5 Å². The quantitative estimate of drug-likeness (QED) is 0.291. The third kappa shape index (κ3) is 7.28. The van der Waals surface area contributed by atoms with Crippen molar-refractivity contribution >= 4 is 53.1 Å². The number of likely N-dealkylation sites (tertiary alicyclic amines) is 1. The van der Waals surface area contributed by atoms with E-state index in [1.165, 1.54) is 5.56 Å². The molecular formula is C21H30Cl2IN5O. The molecule has 2 heterocycles. The topological polar surface area (TPSA) is 65.7 Å². The minimum Gasteiger partial charge on any atom is -0.359 e. The molecule has 2 aromatic rings. The van der Waals surface area contributed by atoms with E-state index in [1.807, 2.05) is 24.3 Å². The minimum absolute atomic E-state index is 0. The number of nitrogens with zero attached hydrogens (tertiary/aromatic N) is 3. The molecule has 9 heteroatoms. The number of benzene rings is 1. The van der Waals surface area contributed by atoms with Gasteiger partial charge in [0.2, 0.25) is 0 Å². The van der Waals surface area contributed by atoms with Crippen LogP contribution in [0.5, 0.6) is 0 Å². The van der Waals surface area contributed by atoms with Crippen LogP contribution in [0.1, 0.15) is 49.6 Å². The normalized spacial score (nSPS) is 15.9. The van der Waals surface area contributed by atoms with E-state index in [2.05, 4.69) is 39.5 Å². The molecule has 0 unspecified atom stereocenters. The Hall–Kier alpha value is -1.03. The van der Waals surface area contributed by atoms with Crippen molar-refractivity contribution in [3.63, 3.8) is 0 Å². The largest absolute Gasteiger partial charge is 0.359 e. The van der Waals surface area contributed by atoms with Gasteiger partial charge in [-0.15, -0.1) is 24.0 Å². The van der Waals surface area contributed by atoms with E-state index >= 15 is 0 Å². The maximum Gasteiger partial charge on any atom is 0.191 e. The summed E-state index contributed by atoms with van der Waals surface area (Å²) < 4.78 is 5.38. The highest BCUT2D eigenvalue weighted by Crippen LogP contribution is 2.24. The van der Waals surface area contributed by atoms with Crippen molar-refractivity contribution in [2.75, 3.05) is 20.1 Å². The third-order valence-electron chi connectivity index (χ3n) is 5.14. The molecule has 1 aliphatic heterocycles. The number of piperidine rings is 1. The number of halogens is 3. The maximum absolute atomic E-state index is 6.13. The van der Waals surface area contributed by atoms with Gasteiger partial charge < -0.3 is 15.2 Å². The standard InChI is InChI=1S/C21H29Cl2N5O.HI/c1-14(2)20-11-17(29-27-20)12-25-21(24-3)26-16-6-8-28(9-7-16)13-15-4-5-18(22)19(23)10-15;/h4-5,10-11,14,16H,6-9,12-13H2,1-3H3,(H2,24,25,26);1H. The van der Waals surface area contributed by atoms with Crippen molar-refractivity contribution < 1.29 is 4.52 Å². The predicted molar refractivity (Wildman–Crippen MR) is 134 cm³/mol. The summed E-state index contributed by atoms with van der Waals surface area (Å²) in [4.78, 5) is 6.78. The lowest BCUT2D eigenvalue weighted by molar-refractivity contribution is 0.198. The lowest BCUT2D eigenvalue weighted by Crippen LogP contribution is -2.48. The highest BCUT2D eigenvalue weighted by atomic mass is 127. The van der Waals surface area contributed by atoms with Crippen LogP contribution in [0, 0.1) is 0 Å². The van der Waals surface area contributed by atoms with E-state index in [4.69, 9.17) is 27.7 Å². The first-order chi connectivity index (χ1) is 13.9. The van der Waals surface area contributed by atoms with E-state index in [0.717, 1.165) is 49.9 Å². The first kappa shape index (κ1) is 25.2. The molecule has 3 rings (SSSR count). The van der Waals surface area contributed by atoms with Crippen molar-refractivity contribution in [1.29, 1.82) is 0 Å². The second kappa shape index (κ2) is 12.1. The number of aliphatic imine (C=N–C) groups is 1. The molecule has 1 fully saturated rings. The first-order valence-corrected chi connectivity index (χ1v) is 10.8. The fourth-order valence-electron chi connectivity index (χ4n) is 3.37. The smallest absolute Gasteiger partial charge is 0.191 e. The van der Waals surface area contributed by atoms with Gasteiger partial charge in [0.1, 0.15) is 0 Å². The van der Waals surface area contributed by atoms with Crippen LogP contribution in [-0.2, 0) is 13.1 Å². The van der Waals surface area contributed by atoms with Crippen LogP contribution in [0.25, 0.3) is 0 Å². The molecule has 1 aromatic heterocycles. The van der Waals surface area contributed by atoms with Crippen molar-refractivity contribution in [3.8, 4) is 0 Å². The van der Waals surface area contributed by atoms with Crippen molar-refractivity contribution in [3.05, 3.63) is 51.3 Å². The summed E-state index contributed by atoms with van der Waals surface area (Å²) in [7, 11) is 1.79. The number of guanidine groups is 1. The summed E-state index contributed by atoms with van der Waals surface area (Å²) in [5.74, 6) is 1.96. The highest BCUT2D eigenvalue weighted by molar-refractivity contribution is 14.0. The van der Waals surface area contributed by atoms with Gasteiger partial charge in [-0.2, -0.15) is 0 Å². The Balaban J connectivity index is 0.00000320. The Morgan fingerprint density at radius 2 is 1.97 bits per heavy atom. The monoisotopic (exact) mass is 565 g/mol. The molecule has 0 bridgehead atoms. The van der Waals surface area contributed by atoms with Crippen molar-refractivity contribution in [1.82, 2.24) is 20.7 Å². The van der Waals surface area contributed by atoms with Gasteiger partial charge in [0.15, 0.2) is 11.7 Å². The average Bonchev–Trinajstić information content (AvgIpc) is 3.19. The summed E-state index contributed by atoms with van der Waals surface area (Å²) in [6.07, 6.45) is 2.11. The number of aromatic nitrogens is 1. The molecule has 0 atom stereocenters. The molecule has 2 N–H and O–H groups in total. The lowest BCUT2D eigenvalue weighted by atomic mass is 10.0. The second-order valence-electron chi connectivity index (χ2n) is 7.74. The minimum atomic E-state index is 0. The summed E-state index contributed by atoms with van der Waals surface area (Å²) in [5.41, 5.74) is 2.16. The van der Waals surface area contributed by atoms with Crippen LogP contribution in [0.2, 0.25) is 10.0 Å². The van der Waals surface area contributed by atoms with E-state index < -0.39 is 0 Å². The van der Waals surface area contributed by atoms with Gasteiger partial charge >= 0.3 is 0 Å². The van der Waals surface area contributed by atoms with E-state index in [-0.39, 0.29) is 24.0 Å². The first-order valence-electron chi connectivity index (χ1n) is 10.0. The second-order valence-corrected chi connectivity index (χ2v) is 8.56. The van der Waals surface area contributed by atoms with E-state index in [9.17, 15) is 0 Å². The zero-order valence-corrected chi connectivity index (χ0v) is 21.5. The predicted octanol–water partition coefficient (Wildman–Crippen LogP) is 5.05. The molecule has 1 aromatic carbocycles. The average molecular weight is 566 g/mol. The van der Waals surface area contributed by atoms with Gasteiger partial charge in [-0.25, -0.2) is 0 Å². The van der Waals surface area contributed by atoms with Crippen LogP contribution in [0.4, 0.5) is 0 Å². The molecule has 1 saturated heterocycles. The zero-order chi connectivity index (χ0) is 20.8. The lowest BCUT2D eigenvalue weighted by Gasteiger charge is -2.33. The Morgan fingerprint density at radius 1 is 1.23 bits per heavy atom. The Bertz CT molecular complexity index is 835. The molecular weight excluding hydrogens is 536 g/mol. The summed E-state index contributed by atoms with van der Waals surface area (Å²) in [6, 6.07) is 8.24. The maximum atomic E-state index is 6.13. The fourth-order valence-corrected chi connectivity index (χ4v) is 3.70. The number of hydrogen-bond acceptors (Lipinski definition) is 4. The zero-order valence-electron chi connectivity index (χ0n) is 17.6. The molecule has 0 spiro atoms. The summed E-state index contributed by atoms with van der Waals surface area (Å²) in [5, 5.41) is 12.1. The Kier molecular flexibility index (Phi) is 10.2. The van der Waals surface area contributed by atoms with Gasteiger partial charge in [0.25, 0.3) is 0 Å². The van der Waals surface area contributed by atoms with Crippen LogP contribution in [0.15, 0.2) is 33.8 Å². The van der Waals surface area contributed by atoms with Crippen LogP contribution >= 0.6 is 47.2 Å². The van der Waals surface area contributed by atoms with Gasteiger partial charge in [0, 0.05) is 38.8 Å².